The van der Waals surface area contributed by atoms with Crippen LogP contribution in [-0.2, 0) is 9.59 Å². The normalized spacial score (nSPS) is 20.7. The van der Waals surface area contributed by atoms with Crippen molar-refractivity contribution in [1.82, 2.24) is 10.2 Å². The highest BCUT2D eigenvalue weighted by Crippen LogP contribution is 2.42. The van der Waals surface area contributed by atoms with Gasteiger partial charge in [0.25, 0.3) is 0 Å². The minimum Gasteiger partial charge on any atom is -0.344 e. The van der Waals surface area contributed by atoms with Crippen molar-refractivity contribution in [2.45, 2.75) is 59.4 Å². The fourth-order valence-electron chi connectivity index (χ4n) is 3.84. The average molecular weight is 379 g/mol. The molecule has 0 radical (unpaired) electrons. The number of piperidine rings is 1. The summed E-state index contributed by atoms with van der Waals surface area (Å²) in [6.45, 7) is 11.6. The molecule has 1 fully saturated rings. The predicted molar refractivity (Wildman–Crippen MR) is 106 cm³/mol. The Morgan fingerprint density at radius 3 is 2.38 bits per heavy atom. The van der Waals surface area contributed by atoms with Crippen LogP contribution in [0.1, 0.15) is 58.9 Å². The molecule has 0 aromatic heterocycles. The molecule has 0 saturated carbocycles. The summed E-state index contributed by atoms with van der Waals surface area (Å²) < 4.78 is 0. The Kier molecular flexibility index (Phi) is 6.73. The molecule has 144 valence electrons. The van der Waals surface area contributed by atoms with Gasteiger partial charge in [-0.3, -0.25) is 9.59 Å². The molecular weight excluding hydrogens is 348 g/mol. The molecular formula is C21H31ClN2O2. The van der Waals surface area contributed by atoms with Crippen LogP contribution in [0, 0.1) is 11.3 Å². The van der Waals surface area contributed by atoms with Gasteiger partial charge in [0, 0.05) is 24.5 Å². The van der Waals surface area contributed by atoms with E-state index in [-0.39, 0.29) is 23.1 Å². The third kappa shape index (κ3) is 4.79. The average Bonchev–Trinajstić information content (AvgIpc) is 2.58. The third-order valence-electron chi connectivity index (χ3n) is 5.38. The zero-order valence-electron chi connectivity index (χ0n) is 16.5. The number of nitrogens with one attached hydrogen (secondary N) is 1. The maximum absolute atomic E-state index is 13.1. The van der Waals surface area contributed by atoms with Crippen molar-refractivity contribution in [2.75, 3.05) is 13.1 Å². The van der Waals surface area contributed by atoms with Crippen LogP contribution in [-0.4, -0.2) is 35.8 Å². The van der Waals surface area contributed by atoms with Gasteiger partial charge < -0.3 is 10.2 Å². The molecule has 4 nitrogen and oxygen atoms in total. The summed E-state index contributed by atoms with van der Waals surface area (Å²) in [6.07, 6.45) is 1.30. The molecule has 1 N–H and O–H groups in total. The molecule has 0 spiro atoms. The Labute approximate surface area is 162 Å². The number of hydrogen-bond acceptors (Lipinski definition) is 2. The van der Waals surface area contributed by atoms with Crippen LogP contribution < -0.4 is 5.32 Å². The first-order valence-corrected chi connectivity index (χ1v) is 9.87. The highest BCUT2D eigenvalue weighted by Gasteiger charge is 2.40. The predicted octanol–water partition coefficient (Wildman–Crippen LogP) is 4.23. The van der Waals surface area contributed by atoms with Gasteiger partial charge in [0.2, 0.25) is 11.8 Å². The second-order valence-electron chi connectivity index (χ2n) is 8.28. The van der Waals surface area contributed by atoms with Crippen LogP contribution in [0.25, 0.3) is 0 Å². The van der Waals surface area contributed by atoms with E-state index in [1.165, 1.54) is 5.56 Å². The van der Waals surface area contributed by atoms with Crippen molar-refractivity contribution in [3.8, 4) is 0 Å². The lowest BCUT2D eigenvalue weighted by Crippen LogP contribution is -2.55. The van der Waals surface area contributed by atoms with Crippen molar-refractivity contribution in [1.29, 1.82) is 0 Å². The van der Waals surface area contributed by atoms with E-state index >= 15 is 0 Å². The largest absolute Gasteiger partial charge is 0.344 e. The van der Waals surface area contributed by atoms with Crippen molar-refractivity contribution in [3.05, 3.63) is 34.9 Å². The van der Waals surface area contributed by atoms with Crippen LogP contribution in [0.2, 0.25) is 5.02 Å². The Bertz CT molecular complexity index is 640. The smallest absolute Gasteiger partial charge is 0.245 e. The number of carbonyl (C=O) groups is 2. The number of nitrogens with zero attached hydrogens (tertiary/aromatic N) is 1. The number of likely N-dealkylation sites (tertiary alicyclic amines) is 1. The van der Waals surface area contributed by atoms with E-state index in [1.807, 2.05) is 30.9 Å². The first-order valence-electron chi connectivity index (χ1n) is 9.49. The van der Waals surface area contributed by atoms with Gasteiger partial charge in [-0.15, -0.1) is 0 Å². The van der Waals surface area contributed by atoms with E-state index in [0.29, 0.717) is 25.4 Å². The molecule has 1 aromatic carbocycles. The van der Waals surface area contributed by atoms with E-state index in [1.54, 1.807) is 6.92 Å². The minimum absolute atomic E-state index is 0.0319. The summed E-state index contributed by atoms with van der Waals surface area (Å²) >= 11 is 6.02. The second-order valence-corrected chi connectivity index (χ2v) is 8.72. The maximum Gasteiger partial charge on any atom is 0.245 e. The van der Waals surface area contributed by atoms with Crippen molar-refractivity contribution in [3.63, 3.8) is 0 Å². The lowest BCUT2D eigenvalue weighted by molar-refractivity contribution is -0.140. The molecule has 0 bridgehead atoms. The Morgan fingerprint density at radius 1 is 1.27 bits per heavy atom. The SMILES string of the molecule is CCC(=O)N[C@@H](C(=O)N1CC[C@H](c2ccc(Cl)cc2)C(C)(C)C1)C(C)C. The first kappa shape index (κ1) is 20.8. The molecule has 1 aromatic rings. The van der Waals surface area contributed by atoms with Crippen molar-refractivity contribution in [2.24, 2.45) is 11.3 Å². The molecule has 2 atom stereocenters. The number of halogens is 1. The number of benzene rings is 1. The number of rotatable bonds is 5. The molecule has 0 aliphatic carbocycles. The van der Waals surface area contributed by atoms with E-state index in [9.17, 15) is 9.59 Å². The van der Waals surface area contributed by atoms with Crippen LogP contribution in [0.4, 0.5) is 0 Å². The summed E-state index contributed by atoms with van der Waals surface area (Å²) in [6, 6.07) is 7.58. The molecule has 26 heavy (non-hydrogen) atoms. The lowest BCUT2D eigenvalue weighted by Gasteiger charge is -2.45. The number of carbonyl (C=O) groups excluding carboxylic acids is 2. The Balaban J connectivity index is 2.13. The molecule has 1 saturated heterocycles. The van der Waals surface area contributed by atoms with E-state index < -0.39 is 6.04 Å². The van der Waals surface area contributed by atoms with Gasteiger partial charge in [0.15, 0.2) is 0 Å². The van der Waals surface area contributed by atoms with Crippen LogP contribution in [0.5, 0.6) is 0 Å². The van der Waals surface area contributed by atoms with Gasteiger partial charge in [-0.05, 0) is 41.4 Å². The van der Waals surface area contributed by atoms with Gasteiger partial charge in [0.1, 0.15) is 6.04 Å². The fourth-order valence-corrected chi connectivity index (χ4v) is 3.97. The van der Waals surface area contributed by atoms with E-state index in [4.69, 9.17) is 11.6 Å². The minimum atomic E-state index is -0.453. The Hall–Kier alpha value is -1.55. The summed E-state index contributed by atoms with van der Waals surface area (Å²) in [4.78, 5) is 26.8. The summed E-state index contributed by atoms with van der Waals surface area (Å²) in [5.74, 6) is 0.401. The summed E-state index contributed by atoms with van der Waals surface area (Å²) in [5, 5.41) is 3.64. The zero-order chi connectivity index (χ0) is 19.5. The topological polar surface area (TPSA) is 49.4 Å². The molecule has 1 aliphatic heterocycles. The zero-order valence-corrected chi connectivity index (χ0v) is 17.3. The highest BCUT2D eigenvalue weighted by molar-refractivity contribution is 6.30. The second kappa shape index (κ2) is 8.43. The quantitative estimate of drug-likeness (QED) is 0.833. The lowest BCUT2D eigenvalue weighted by atomic mass is 9.70. The van der Waals surface area contributed by atoms with Crippen molar-refractivity contribution < 1.29 is 9.59 Å². The monoisotopic (exact) mass is 378 g/mol. The third-order valence-corrected chi connectivity index (χ3v) is 5.64. The maximum atomic E-state index is 13.1. The molecule has 1 aliphatic rings. The van der Waals surface area contributed by atoms with Gasteiger partial charge in [-0.25, -0.2) is 0 Å². The first-order chi connectivity index (χ1) is 12.2. The van der Waals surface area contributed by atoms with Gasteiger partial charge in [-0.1, -0.05) is 58.4 Å². The van der Waals surface area contributed by atoms with Gasteiger partial charge in [-0.2, -0.15) is 0 Å². The molecule has 2 rings (SSSR count). The van der Waals surface area contributed by atoms with Crippen LogP contribution >= 0.6 is 11.6 Å². The number of hydrogen-bond donors (Lipinski definition) is 1. The van der Waals surface area contributed by atoms with Gasteiger partial charge in [0.05, 0.1) is 0 Å². The summed E-state index contributed by atoms with van der Waals surface area (Å²) in [7, 11) is 0. The van der Waals surface area contributed by atoms with Crippen LogP contribution in [0.3, 0.4) is 0 Å². The molecule has 1 heterocycles. The standard InChI is InChI=1S/C21H31ClN2O2/c1-6-18(25)23-19(14(2)3)20(26)24-12-11-17(21(4,5)13-24)15-7-9-16(22)10-8-15/h7-10,14,17,19H,6,11-13H2,1-5H3,(H,23,25)/t17-,19-/m1/s1. The Morgan fingerprint density at radius 2 is 1.88 bits per heavy atom. The molecule has 0 unspecified atom stereocenters. The summed E-state index contributed by atoms with van der Waals surface area (Å²) in [5.41, 5.74) is 1.23. The number of amides is 2. The molecule has 2 amide bonds. The van der Waals surface area contributed by atoms with E-state index in [2.05, 4.69) is 31.3 Å². The van der Waals surface area contributed by atoms with Crippen LogP contribution in [0.15, 0.2) is 24.3 Å². The molecule has 5 heteroatoms. The van der Waals surface area contributed by atoms with Gasteiger partial charge >= 0.3 is 0 Å². The van der Waals surface area contributed by atoms with Crippen molar-refractivity contribution >= 4 is 23.4 Å². The van der Waals surface area contributed by atoms with E-state index in [0.717, 1.165) is 11.4 Å². The fraction of sp³-hybridized carbons (Fsp3) is 0.619. The highest BCUT2D eigenvalue weighted by atomic mass is 35.5.